The Hall–Kier alpha value is -2.75. The standard InChI is InChI=1S/C23H27N3O5S/c1-17-2-6-20(7-3-17)26-16-19(14-22(26)27)23(28)24-15-18-4-8-21(9-5-18)32(29,30)25-10-12-31-13-11-25/h2-9,19H,10-16H2,1H3,(H,24,28). The predicted molar refractivity (Wildman–Crippen MR) is 120 cm³/mol. The number of morpholine rings is 1. The van der Waals surface area contributed by atoms with Gasteiger partial charge >= 0.3 is 0 Å². The van der Waals surface area contributed by atoms with Gasteiger partial charge in [-0.3, -0.25) is 9.59 Å². The zero-order valence-corrected chi connectivity index (χ0v) is 18.8. The summed E-state index contributed by atoms with van der Waals surface area (Å²) in [5.41, 5.74) is 2.70. The van der Waals surface area contributed by atoms with Crippen molar-refractivity contribution in [2.75, 3.05) is 37.7 Å². The molecule has 2 aromatic rings. The topological polar surface area (TPSA) is 96.0 Å². The van der Waals surface area contributed by atoms with E-state index < -0.39 is 15.9 Å². The fourth-order valence-electron chi connectivity index (χ4n) is 3.91. The molecule has 32 heavy (non-hydrogen) atoms. The molecule has 2 fully saturated rings. The number of sulfonamides is 1. The van der Waals surface area contributed by atoms with Crippen molar-refractivity contribution < 1.29 is 22.7 Å². The summed E-state index contributed by atoms with van der Waals surface area (Å²) in [5.74, 6) is -0.658. The number of ether oxygens (including phenoxy) is 1. The van der Waals surface area contributed by atoms with E-state index >= 15 is 0 Å². The van der Waals surface area contributed by atoms with Crippen LogP contribution in [0.3, 0.4) is 0 Å². The number of anilines is 1. The minimum Gasteiger partial charge on any atom is -0.379 e. The van der Waals surface area contributed by atoms with Gasteiger partial charge in [0.05, 0.1) is 24.0 Å². The van der Waals surface area contributed by atoms with Gasteiger partial charge in [-0.25, -0.2) is 8.42 Å². The van der Waals surface area contributed by atoms with E-state index in [0.717, 1.165) is 16.8 Å². The number of benzene rings is 2. The van der Waals surface area contributed by atoms with Gasteiger partial charge in [-0.05, 0) is 36.8 Å². The van der Waals surface area contributed by atoms with Crippen LogP contribution in [0.5, 0.6) is 0 Å². The average Bonchev–Trinajstić information content (AvgIpc) is 3.20. The van der Waals surface area contributed by atoms with Crippen LogP contribution in [0, 0.1) is 12.8 Å². The molecule has 2 saturated heterocycles. The third-order valence-corrected chi connectivity index (χ3v) is 7.75. The van der Waals surface area contributed by atoms with Crippen molar-refractivity contribution in [1.82, 2.24) is 9.62 Å². The number of carbonyl (C=O) groups is 2. The predicted octanol–water partition coefficient (Wildman–Crippen LogP) is 1.69. The van der Waals surface area contributed by atoms with Gasteiger partial charge in [0.1, 0.15) is 0 Å². The summed E-state index contributed by atoms with van der Waals surface area (Å²) in [5, 5.41) is 2.87. The Morgan fingerprint density at radius 3 is 2.38 bits per heavy atom. The Bertz CT molecular complexity index is 1080. The highest BCUT2D eigenvalue weighted by Crippen LogP contribution is 2.25. The first-order chi connectivity index (χ1) is 15.3. The van der Waals surface area contributed by atoms with E-state index in [1.807, 2.05) is 31.2 Å². The molecule has 1 N–H and O–H groups in total. The van der Waals surface area contributed by atoms with Crippen LogP contribution < -0.4 is 10.2 Å². The van der Waals surface area contributed by atoms with E-state index in [1.54, 1.807) is 29.2 Å². The third kappa shape index (κ3) is 4.85. The van der Waals surface area contributed by atoms with E-state index in [0.29, 0.717) is 32.8 Å². The highest BCUT2D eigenvalue weighted by atomic mass is 32.2. The number of rotatable bonds is 6. The Labute approximate surface area is 188 Å². The molecular weight excluding hydrogens is 430 g/mol. The van der Waals surface area contributed by atoms with Crippen LogP contribution in [0.15, 0.2) is 53.4 Å². The molecule has 0 aromatic heterocycles. The first kappa shape index (κ1) is 22.4. The second kappa shape index (κ2) is 9.40. The van der Waals surface area contributed by atoms with Gasteiger partial charge in [0, 0.05) is 38.3 Å². The molecule has 1 unspecified atom stereocenters. The monoisotopic (exact) mass is 457 g/mol. The number of hydrogen-bond donors (Lipinski definition) is 1. The summed E-state index contributed by atoms with van der Waals surface area (Å²) in [6.07, 6.45) is 0.177. The zero-order chi connectivity index (χ0) is 22.7. The molecule has 4 rings (SSSR count). The molecule has 2 heterocycles. The third-order valence-electron chi connectivity index (χ3n) is 5.84. The molecule has 2 aliphatic heterocycles. The van der Waals surface area contributed by atoms with Crippen LogP contribution in [-0.4, -0.2) is 57.4 Å². The molecular formula is C23H27N3O5S. The second-order valence-corrected chi connectivity index (χ2v) is 10.1. The number of nitrogens with zero attached hydrogens (tertiary/aromatic N) is 2. The van der Waals surface area contributed by atoms with E-state index in [4.69, 9.17) is 4.74 Å². The molecule has 0 bridgehead atoms. The molecule has 9 heteroatoms. The summed E-state index contributed by atoms with van der Waals surface area (Å²) in [6, 6.07) is 14.2. The molecule has 2 amide bonds. The summed E-state index contributed by atoms with van der Waals surface area (Å²) in [4.78, 5) is 26.9. The van der Waals surface area contributed by atoms with Gasteiger partial charge in [0.25, 0.3) is 0 Å². The van der Waals surface area contributed by atoms with Crippen LogP contribution in [0.4, 0.5) is 5.69 Å². The number of hydrogen-bond acceptors (Lipinski definition) is 5. The number of nitrogens with one attached hydrogen (secondary N) is 1. The van der Waals surface area contributed by atoms with Crippen molar-refractivity contribution in [1.29, 1.82) is 0 Å². The molecule has 0 aliphatic carbocycles. The van der Waals surface area contributed by atoms with Gasteiger partial charge in [0.2, 0.25) is 21.8 Å². The molecule has 0 spiro atoms. The van der Waals surface area contributed by atoms with E-state index in [2.05, 4.69) is 5.32 Å². The molecule has 2 aliphatic rings. The molecule has 170 valence electrons. The smallest absolute Gasteiger partial charge is 0.243 e. The number of aryl methyl sites for hydroxylation is 1. The first-order valence-corrected chi connectivity index (χ1v) is 12.1. The number of carbonyl (C=O) groups excluding carboxylic acids is 2. The van der Waals surface area contributed by atoms with Crippen molar-refractivity contribution in [3.8, 4) is 0 Å². The van der Waals surface area contributed by atoms with E-state index in [-0.39, 0.29) is 29.7 Å². The highest BCUT2D eigenvalue weighted by molar-refractivity contribution is 7.89. The molecule has 2 aromatic carbocycles. The summed E-state index contributed by atoms with van der Waals surface area (Å²) >= 11 is 0. The molecule has 0 radical (unpaired) electrons. The van der Waals surface area contributed by atoms with Crippen molar-refractivity contribution in [3.63, 3.8) is 0 Å². The average molecular weight is 458 g/mol. The van der Waals surface area contributed by atoms with Crippen LogP contribution in [0.2, 0.25) is 0 Å². The van der Waals surface area contributed by atoms with E-state index in [9.17, 15) is 18.0 Å². The van der Waals surface area contributed by atoms with Crippen LogP contribution in [0.25, 0.3) is 0 Å². The Kier molecular flexibility index (Phi) is 6.59. The summed E-state index contributed by atoms with van der Waals surface area (Å²) in [6.45, 7) is 4.09. The van der Waals surface area contributed by atoms with Crippen LogP contribution >= 0.6 is 0 Å². The first-order valence-electron chi connectivity index (χ1n) is 10.7. The summed E-state index contributed by atoms with van der Waals surface area (Å²) in [7, 11) is -3.54. The maximum Gasteiger partial charge on any atom is 0.243 e. The quantitative estimate of drug-likeness (QED) is 0.712. The SMILES string of the molecule is Cc1ccc(N2CC(C(=O)NCc3ccc(S(=O)(=O)N4CCOCC4)cc3)CC2=O)cc1. The lowest BCUT2D eigenvalue weighted by atomic mass is 10.1. The molecule has 8 nitrogen and oxygen atoms in total. The Balaban J connectivity index is 1.33. The van der Waals surface area contributed by atoms with Crippen molar-refractivity contribution in [2.24, 2.45) is 5.92 Å². The van der Waals surface area contributed by atoms with Gasteiger partial charge in [-0.15, -0.1) is 0 Å². The lowest BCUT2D eigenvalue weighted by Gasteiger charge is -2.26. The van der Waals surface area contributed by atoms with Gasteiger partial charge in [0.15, 0.2) is 0 Å². The number of amides is 2. The minimum atomic E-state index is -3.54. The normalized spacial score (nSPS) is 19.8. The van der Waals surface area contributed by atoms with E-state index in [1.165, 1.54) is 4.31 Å². The Morgan fingerprint density at radius 2 is 1.72 bits per heavy atom. The highest BCUT2D eigenvalue weighted by Gasteiger charge is 2.35. The Morgan fingerprint density at radius 1 is 1.06 bits per heavy atom. The maximum absolute atomic E-state index is 12.7. The van der Waals surface area contributed by atoms with Gasteiger partial charge in [-0.2, -0.15) is 4.31 Å². The molecule has 1 atom stereocenters. The van der Waals surface area contributed by atoms with Gasteiger partial charge < -0.3 is 15.0 Å². The fraction of sp³-hybridized carbons (Fsp3) is 0.391. The van der Waals surface area contributed by atoms with Gasteiger partial charge in [-0.1, -0.05) is 29.8 Å². The fourth-order valence-corrected chi connectivity index (χ4v) is 5.31. The van der Waals surface area contributed by atoms with Crippen molar-refractivity contribution in [2.45, 2.75) is 24.8 Å². The van der Waals surface area contributed by atoms with Crippen LogP contribution in [-0.2, 0) is 30.9 Å². The summed E-state index contributed by atoms with van der Waals surface area (Å²) < 4.78 is 32.0. The maximum atomic E-state index is 12.7. The largest absolute Gasteiger partial charge is 0.379 e. The lowest BCUT2D eigenvalue weighted by molar-refractivity contribution is -0.126. The zero-order valence-electron chi connectivity index (χ0n) is 18.0. The van der Waals surface area contributed by atoms with Crippen molar-refractivity contribution >= 4 is 27.5 Å². The second-order valence-electron chi connectivity index (χ2n) is 8.12. The molecule has 0 saturated carbocycles. The lowest BCUT2D eigenvalue weighted by Crippen LogP contribution is -2.40. The van der Waals surface area contributed by atoms with Crippen LogP contribution in [0.1, 0.15) is 17.5 Å². The minimum absolute atomic E-state index is 0.0633. The van der Waals surface area contributed by atoms with Crippen molar-refractivity contribution in [3.05, 3.63) is 59.7 Å².